The van der Waals surface area contributed by atoms with Crippen LogP contribution in [0.4, 0.5) is 0 Å². The lowest BCUT2D eigenvalue weighted by molar-refractivity contribution is 0.339. The predicted molar refractivity (Wildman–Crippen MR) is 57.0 cm³/mol. The van der Waals surface area contributed by atoms with Gasteiger partial charge in [0.1, 0.15) is 0 Å². The Labute approximate surface area is 84.9 Å². The third-order valence-electron chi connectivity index (χ3n) is 2.77. The van der Waals surface area contributed by atoms with Crippen LogP contribution in [-0.4, -0.2) is 35.6 Å². The molecule has 2 heterocycles. The van der Waals surface area contributed by atoms with Crippen molar-refractivity contribution in [2.24, 2.45) is 5.73 Å². The molecule has 0 radical (unpaired) electrons. The van der Waals surface area contributed by atoms with Gasteiger partial charge in [-0.05, 0) is 37.1 Å². The van der Waals surface area contributed by atoms with Gasteiger partial charge in [0, 0.05) is 31.5 Å². The van der Waals surface area contributed by atoms with Gasteiger partial charge in [-0.15, -0.1) is 0 Å². The Morgan fingerprint density at radius 1 is 1.43 bits per heavy atom. The van der Waals surface area contributed by atoms with Crippen molar-refractivity contribution in [3.63, 3.8) is 0 Å². The van der Waals surface area contributed by atoms with Crippen molar-refractivity contribution in [3.8, 4) is 0 Å². The number of hydrogen-bond acceptors (Lipinski definition) is 3. The van der Waals surface area contributed by atoms with Crippen LogP contribution >= 0.6 is 0 Å². The fourth-order valence-electron chi connectivity index (χ4n) is 1.90. The van der Waals surface area contributed by atoms with Gasteiger partial charge in [0.2, 0.25) is 0 Å². The Morgan fingerprint density at radius 2 is 2.21 bits per heavy atom. The molecule has 2 rings (SSSR count). The molecule has 1 aliphatic rings. The minimum absolute atomic E-state index is 0.396. The second-order valence-electron chi connectivity index (χ2n) is 3.95. The molecular formula is C11H17N3. The highest BCUT2D eigenvalue weighted by molar-refractivity contribution is 5.10. The van der Waals surface area contributed by atoms with Crippen molar-refractivity contribution < 1.29 is 0 Å². The first-order chi connectivity index (χ1) is 6.84. The zero-order chi connectivity index (χ0) is 9.80. The average molecular weight is 191 g/mol. The lowest BCUT2D eigenvalue weighted by atomic mass is 10.2. The lowest BCUT2D eigenvalue weighted by Crippen LogP contribution is -2.28. The molecule has 1 saturated heterocycles. The van der Waals surface area contributed by atoms with E-state index in [0.717, 1.165) is 32.5 Å². The molecule has 0 spiro atoms. The maximum atomic E-state index is 5.84. The molecule has 1 unspecified atom stereocenters. The van der Waals surface area contributed by atoms with E-state index >= 15 is 0 Å². The zero-order valence-corrected chi connectivity index (χ0v) is 8.39. The van der Waals surface area contributed by atoms with Crippen LogP contribution in [0, 0.1) is 0 Å². The first-order valence-electron chi connectivity index (χ1n) is 5.21. The Morgan fingerprint density at radius 3 is 2.86 bits per heavy atom. The molecule has 0 aliphatic carbocycles. The Kier molecular flexibility index (Phi) is 3.11. The molecule has 0 amide bonds. The highest BCUT2D eigenvalue weighted by atomic mass is 15.2. The summed E-state index contributed by atoms with van der Waals surface area (Å²) in [5.41, 5.74) is 7.20. The van der Waals surface area contributed by atoms with Gasteiger partial charge in [0.05, 0.1) is 0 Å². The van der Waals surface area contributed by atoms with Gasteiger partial charge >= 0.3 is 0 Å². The minimum atomic E-state index is 0.396. The quantitative estimate of drug-likeness (QED) is 0.763. The van der Waals surface area contributed by atoms with Crippen LogP contribution in [0.25, 0.3) is 0 Å². The molecule has 1 fully saturated rings. The molecule has 76 valence electrons. The van der Waals surface area contributed by atoms with E-state index in [1.165, 1.54) is 5.56 Å². The van der Waals surface area contributed by atoms with E-state index in [9.17, 15) is 0 Å². The van der Waals surface area contributed by atoms with Crippen LogP contribution < -0.4 is 5.73 Å². The summed E-state index contributed by atoms with van der Waals surface area (Å²) in [4.78, 5) is 6.44. The van der Waals surface area contributed by atoms with E-state index in [4.69, 9.17) is 5.73 Å². The van der Waals surface area contributed by atoms with Crippen LogP contribution in [0.1, 0.15) is 12.0 Å². The standard InChI is InChI=1S/C11H17N3/c12-11-4-8-14(9-11)7-3-10-1-5-13-6-2-10/h1-2,5-6,11H,3-4,7-9,12H2. The molecule has 0 bridgehead atoms. The van der Waals surface area contributed by atoms with Crippen LogP contribution in [0.15, 0.2) is 24.5 Å². The molecule has 3 heteroatoms. The fourth-order valence-corrected chi connectivity index (χ4v) is 1.90. The van der Waals surface area contributed by atoms with Gasteiger partial charge in [0.15, 0.2) is 0 Å². The van der Waals surface area contributed by atoms with E-state index < -0.39 is 0 Å². The van der Waals surface area contributed by atoms with Crippen LogP contribution in [0.3, 0.4) is 0 Å². The maximum Gasteiger partial charge on any atom is 0.0270 e. The number of nitrogens with zero attached hydrogens (tertiary/aromatic N) is 2. The number of rotatable bonds is 3. The molecular weight excluding hydrogens is 174 g/mol. The first-order valence-corrected chi connectivity index (χ1v) is 5.21. The summed E-state index contributed by atoms with van der Waals surface area (Å²) < 4.78 is 0. The summed E-state index contributed by atoms with van der Waals surface area (Å²) in [5.74, 6) is 0. The third kappa shape index (κ3) is 2.53. The van der Waals surface area contributed by atoms with E-state index in [-0.39, 0.29) is 0 Å². The minimum Gasteiger partial charge on any atom is -0.326 e. The average Bonchev–Trinajstić information content (AvgIpc) is 2.63. The van der Waals surface area contributed by atoms with Crippen LogP contribution in [0.5, 0.6) is 0 Å². The molecule has 1 aromatic heterocycles. The summed E-state index contributed by atoms with van der Waals surface area (Å²) in [5, 5.41) is 0. The highest BCUT2D eigenvalue weighted by Crippen LogP contribution is 2.08. The Balaban J connectivity index is 1.78. The largest absolute Gasteiger partial charge is 0.326 e. The van der Waals surface area contributed by atoms with Crippen molar-refractivity contribution in [1.82, 2.24) is 9.88 Å². The second kappa shape index (κ2) is 4.53. The van der Waals surface area contributed by atoms with E-state index in [1.54, 1.807) is 0 Å². The number of likely N-dealkylation sites (tertiary alicyclic amines) is 1. The van der Waals surface area contributed by atoms with E-state index in [2.05, 4.69) is 22.0 Å². The topological polar surface area (TPSA) is 42.1 Å². The third-order valence-corrected chi connectivity index (χ3v) is 2.77. The smallest absolute Gasteiger partial charge is 0.0270 e. The van der Waals surface area contributed by atoms with Crippen molar-refractivity contribution in [2.75, 3.05) is 19.6 Å². The monoisotopic (exact) mass is 191 g/mol. The summed E-state index contributed by atoms with van der Waals surface area (Å²) in [6.45, 7) is 3.34. The summed E-state index contributed by atoms with van der Waals surface area (Å²) >= 11 is 0. The normalized spacial score (nSPS) is 22.8. The van der Waals surface area contributed by atoms with Gasteiger partial charge in [-0.1, -0.05) is 0 Å². The summed E-state index contributed by atoms with van der Waals surface area (Å²) in [6.07, 6.45) is 5.96. The van der Waals surface area contributed by atoms with Crippen LogP contribution in [-0.2, 0) is 6.42 Å². The molecule has 1 atom stereocenters. The number of nitrogens with two attached hydrogens (primary N) is 1. The molecule has 0 aromatic carbocycles. The predicted octanol–water partition coefficient (Wildman–Crippen LogP) is 0.657. The summed E-state index contributed by atoms with van der Waals surface area (Å²) in [6, 6.07) is 4.55. The maximum absolute atomic E-state index is 5.84. The zero-order valence-electron chi connectivity index (χ0n) is 8.39. The van der Waals surface area contributed by atoms with Crippen LogP contribution in [0.2, 0.25) is 0 Å². The van der Waals surface area contributed by atoms with Gasteiger partial charge in [-0.25, -0.2) is 0 Å². The summed E-state index contributed by atoms with van der Waals surface area (Å²) in [7, 11) is 0. The second-order valence-corrected chi connectivity index (χ2v) is 3.95. The van der Waals surface area contributed by atoms with E-state index in [1.807, 2.05) is 12.4 Å². The van der Waals surface area contributed by atoms with Gasteiger partial charge in [-0.3, -0.25) is 4.98 Å². The molecule has 1 aliphatic heterocycles. The van der Waals surface area contributed by atoms with Gasteiger partial charge in [-0.2, -0.15) is 0 Å². The number of hydrogen-bond donors (Lipinski definition) is 1. The van der Waals surface area contributed by atoms with Gasteiger partial charge in [0.25, 0.3) is 0 Å². The molecule has 2 N–H and O–H groups in total. The number of pyridine rings is 1. The van der Waals surface area contributed by atoms with Crippen molar-refractivity contribution in [3.05, 3.63) is 30.1 Å². The van der Waals surface area contributed by atoms with Crippen molar-refractivity contribution >= 4 is 0 Å². The molecule has 0 saturated carbocycles. The fraction of sp³-hybridized carbons (Fsp3) is 0.545. The SMILES string of the molecule is NC1CCN(CCc2ccncc2)C1. The molecule has 3 nitrogen and oxygen atoms in total. The van der Waals surface area contributed by atoms with Gasteiger partial charge < -0.3 is 10.6 Å². The highest BCUT2D eigenvalue weighted by Gasteiger charge is 2.17. The first kappa shape index (κ1) is 9.62. The molecule has 1 aromatic rings. The van der Waals surface area contributed by atoms with Crippen molar-refractivity contribution in [2.45, 2.75) is 18.9 Å². The Hall–Kier alpha value is -0.930. The van der Waals surface area contributed by atoms with E-state index in [0.29, 0.717) is 6.04 Å². The van der Waals surface area contributed by atoms with Crippen molar-refractivity contribution in [1.29, 1.82) is 0 Å². The number of aromatic nitrogens is 1. The Bertz CT molecular complexity index is 273. The lowest BCUT2D eigenvalue weighted by Gasteiger charge is -2.14. The molecule has 14 heavy (non-hydrogen) atoms.